The van der Waals surface area contributed by atoms with Gasteiger partial charge in [-0.15, -0.1) is 0 Å². The summed E-state index contributed by atoms with van der Waals surface area (Å²) in [4.78, 5) is 21.2. The molecule has 2 aromatic heterocycles. The number of anilines is 3. The molecule has 2 heterocycles. The van der Waals surface area contributed by atoms with Crippen molar-refractivity contribution in [2.75, 3.05) is 17.2 Å². The molecule has 2 atom stereocenters. The first-order chi connectivity index (χ1) is 17.1. The van der Waals surface area contributed by atoms with Crippen LogP contribution in [0.3, 0.4) is 0 Å². The number of rotatable bonds is 10. The zero-order valence-electron chi connectivity index (χ0n) is 20.0. The molecule has 0 bridgehead atoms. The molecule has 3 aromatic rings. The van der Waals surface area contributed by atoms with Gasteiger partial charge in [-0.2, -0.15) is 0 Å². The number of aromatic nitrogens is 2. The fourth-order valence-corrected chi connectivity index (χ4v) is 4.31. The molecular formula is C27H32N6O2. The van der Waals surface area contributed by atoms with Gasteiger partial charge in [0.15, 0.2) is 0 Å². The second-order valence-corrected chi connectivity index (χ2v) is 8.75. The topological polar surface area (TPSA) is 112 Å². The van der Waals surface area contributed by atoms with E-state index in [0.29, 0.717) is 23.7 Å². The lowest BCUT2D eigenvalue weighted by Crippen LogP contribution is -2.43. The molecule has 0 saturated heterocycles. The van der Waals surface area contributed by atoms with E-state index >= 15 is 0 Å². The maximum Gasteiger partial charge on any atom is 0.320 e. The number of urea groups is 1. The van der Waals surface area contributed by atoms with E-state index in [0.717, 1.165) is 43.5 Å². The third-order valence-electron chi connectivity index (χ3n) is 6.06. The van der Waals surface area contributed by atoms with Crippen LogP contribution in [0.15, 0.2) is 60.9 Å². The van der Waals surface area contributed by atoms with Crippen LogP contribution in [0.4, 0.5) is 22.0 Å². The number of hydrogen-bond donors (Lipinski definition) is 4. The van der Waals surface area contributed by atoms with Gasteiger partial charge in [0.05, 0.1) is 24.0 Å². The Bertz CT molecular complexity index is 1140. The number of nitrogens with one attached hydrogen (secondary N) is 4. The predicted molar refractivity (Wildman–Crippen MR) is 139 cm³/mol. The third-order valence-corrected chi connectivity index (χ3v) is 6.06. The van der Waals surface area contributed by atoms with E-state index in [1.807, 2.05) is 25.1 Å². The minimum absolute atomic E-state index is 0.0233. The number of benzene rings is 1. The summed E-state index contributed by atoms with van der Waals surface area (Å²) in [6.07, 6.45) is 9.39. The second kappa shape index (κ2) is 12.1. The Labute approximate surface area is 206 Å². The van der Waals surface area contributed by atoms with Gasteiger partial charge in [0.2, 0.25) is 0 Å². The van der Waals surface area contributed by atoms with Gasteiger partial charge in [-0.3, -0.25) is 10.3 Å². The van der Waals surface area contributed by atoms with Crippen LogP contribution in [-0.4, -0.2) is 41.0 Å². The Balaban J connectivity index is 1.27. The van der Waals surface area contributed by atoms with Crippen molar-refractivity contribution in [1.29, 1.82) is 5.41 Å². The Kier molecular flexibility index (Phi) is 8.40. The zero-order chi connectivity index (χ0) is 24.5. The van der Waals surface area contributed by atoms with E-state index in [1.54, 1.807) is 18.5 Å². The fourth-order valence-electron chi connectivity index (χ4n) is 4.31. The van der Waals surface area contributed by atoms with Crippen molar-refractivity contribution in [1.82, 2.24) is 15.3 Å². The van der Waals surface area contributed by atoms with Gasteiger partial charge >= 0.3 is 6.03 Å². The minimum Gasteiger partial charge on any atom is -0.376 e. The van der Waals surface area contributed by atoms with Crippen LogP contribution in [0, 0.1) is 12.3 Å². The van der Waals surface area contributed by atoms with E-state index in [4.69, 9.17) is 10.1 Å². The van der Waals surface area contributed by atoms with Crippen LogP contribution in [0.25, 0.3) is 0 Å². The molecule has 4 rings (SSSR count). The van der Waals surface area contributed by atoms with Gasteiger partial charge in [0.25, 0.3) is 0 Å². The molecule has 1 fully saturated rings. The highest BCUT2D eigenvalue weighted by atomic mass is 16.5. The van der Waals surface area contributed by atoms with E-state index in [9.17, 15) is 4.79 Å². The van der Waals surface area contributed by atoms with Gasteiger partial charge in [0.1, 0.15) is 5.82 Å². The minimum atomic E-state index is -0.316. The number of amides is 2. The molecule has 0 aliphatic heterocycles. The van der Waals surface area contributed by atoms with Crippen molar-refractivity contribution in [3.05, 3.63) is 77.7 Å². The predicted octanol–water partition coefficient (Wildman–Crippen LogP) is 5.22. The quantitative estimate of drug-likeness (QED) is 0.239. The Hall–Kier alpha value is -3.78. The summed E-state index contributed by atoms with van der Waals surface area (Å²) in [5, 5.41) is 16.8. The van der Waals surface area contributed by atoms with Crippen molar-refractivity contribution < 1.29 is 9.53 Å². The van der Waals surface area contributed by atoms with E-state index in [1.165, 1.54) is 11.8 Å². The molecule has 0 unspecified atom stereocenters. The summed E-state index contributed by atoms with van der Waals surface area (Å²) in [6, 6.07) is 15.5. The van der Waals surface area contributed by atoms with Crippen molar-refractivity contribution in [3.8, 4) is 0 Å². The van der Waals surface area contributed by atoms with Crippen LogP contribution in [0.1, 0.15) is 42.5 Å². The molecule has 35 heavy (non-hydrogen) atoms. The van der Waals surface area contributed by atoms with Crippen molar-refractivity contribution in [2.24, 2.45) is 0 Å². The number of carbonyl (C=O) groups is 1. The zero-order valence-corrected chi connectivity index (χ0v) is 20.0. The summed E-state index contributed by atoms with van der Waals surface area (Å²) in [7, 11) is 0. The number of pyridine rings is 2. The Morgan fingerprint density at radius 2 is 2.03 bits per heavy atom. The van der Waals surface area contributed by atoms with Gasteiger partial charge in [-0.1, -0.05) is 30.3 Å². The SMILES string of the molecule is Cc1cc(Nc2cnc(NC(=O)N[C@H]3CCC[C@@H]3OCCCc3ccccc3)cc2C=N)ccn1. The molecule has 182 valence electrons. The van der Waals surface area contributed by atoms with Crippen molar-refractivity contribution in [2.45, 2.75) is 51.2 Å². The summed E-state index contributed by atoms with van der Waals surface area (Å²) in [6.45, 7) is 2.59. The van der Waals surface area contributed by atoms with E-state index < -0.39 is 0 Å². The maximum absolute atomic E-state index is 12.6. The average molecular weight is 473 g/mol. The highest BCUT2D eigenvalue weighted by Crippen LogP contribution is 2.24. The summed E-state index contributed by atoms with van der Waals surface area (Å²) in [5.74, 6) is 0.385. The molecule has 1 aliphatic rings. The van der Waals surface area contributed by atoms with Gasteiger partial charge in [-0.05, 0) is 62.8 Å². The molecule has 1 aromatic carbocycles. The maximum atomic E-state index is 12.6. The molecule has 2 amide bonds. The first-order valence-electron chi connectivity index (χ1n) is 12.0. The average Bonchev–Trinajstić information content (AvgIpc) is 3.30. The first kappa shape index (κ1) is 24.3. The fraction of sp³-hybridized carbons (Fsp3) is 0.333. The summed E-state index contributed by atoms with van der Waals surface area (Å²) in [5.41, 5.74) is 4.35. The van der Waals surface area contributed by atoms with Crippen LogP contribution in [-0.2, 0) is 11.2 Å². The highest BCUT2D eigenvalue weighted by Gasteiger charge is 2.29. The van der Waals surface area contributed by atoms with Crippen molar-refractivity contribution >= 4 is 29.4 Å². The number of aryl methyl sites for hydroxylation is 2. The normalized spacial score (nSPS) is 17.1. The molecule has 1 aliphatic carbocycles. The van der Waals surface area contributed by atoms with Crippen LogP contribution >= 0.6 is 0 Å². The number of carbonyl (C=O) groups excluding carboxylic acids is 1. The molecule has 0 radical (unpaired) electrons. The summed E-state index contributed by atoms with van der Waals surface area (Å²) < 4.78 is 6.10. The number of nitrogens with zero attached hydrogens (tertiary/aromatic N) is 2. The Morgan fingerprint density at radius 3 is 2.83 bits per heavy atom. The van der Waals surface area contributed by atoms with Crippen LogP contribution in [0.2, 0.25) is 0 Å². The van der Waals surface area contributed by atoms with Gasteiger partial charge < -0.3 is 20.8 Å². The number of ether oxygens (including phenoxy) is 1. The van der Waals surface area contributed by atoms with E-state index in [2.05, 4.69) is 50.2 Å². The highest BCUT2D eigenvalue weighted by molar-refractivity contribution is 5.92. The van der Waals surface area contributed by atoms with Gasteiger partial charge in [-0.25, -0.2) is 9.78 Å². The number of hydrogen-bond acceptors (Lipinski definition) is 6. The summed E-state index contributed by atoms with van der Waals surface area (Å²) >= 11 is 0. The standard InChI is InChI=1S/C27H32N6O2/c1-19-15-22(12-13-29-19)31-24-18-30-26(16-21(24)17-28)33-27(34)32-23-10-5-11-25(23)35-14-6-9-20-7-3-2-4-8-20/h2-4,7-8,12-13,15-18,23,25,28H,5-6,9-11,14H2,1H3,(H,29,31)(H2,30,32,33,34)/t23-,25-/m0/s1. The third kappa shape index (κ3) is 7.10. The van der Waals surface area contributed by atoms with Crippen molar-refractivity contribution in [3.63, 3.8) is 0 Å². The monoisotopic (exact) mass is 472 g/mol. The van der Waals surface area contributed by atoms with Crippen LogP contribution in [0.5, 0.6) is 0 Å². The largest absolute Gasteiger partial charge is 0.376 e. The molecule has 4 N–H and O–H groups in total. The lowest BCUT2D eigenvalue weighted by atomic mass is 10.1. The molecule has 1 saturated carbocycles. The lowest BCUT2D eigenvalue weighted by molar-refractivity contribution is 0.0412. The smallest absolute Gasteiger partial charge is 0.320 e. The first-order valence-corrected chi connectivity index (χ1v) is 12.0. The lowest BCUT2D eigenvalue weighted by Gasteiger charge is -2.22. The second-order valence-electron chi connectivity index (χ2n) is 8.75. The van der Waals surface area contributed by atoms with Gasteiger partial charge in [0, 0.05) is 36.0 Å². The molecule has 8 nitrogen and oxygen atoms in total. The van der Waals surface area contributed by atoms with Crippen LogP contribution < -0.4 is 16.0 Å². The molecular weight excluding hydrogens is 440 g/mol. The van der Waals surface area contributed by atoms with E-state index in [-0.39, 0.29) is 18.2 Å². The molecule has 8 heteroatoms. The molecule has 0 spiro atoms. The Morgan fingerprint density at radius 1 is 1.17 bits per heavy atom.